The quantitative estimate of drug-likeness (QED) is 0.205. The molecule has 4 bridgehead atoms. The Labute approximate surface area is 282 Å². The number of allylic oxidation sites excluding steroid dienone is 2. The lowest BCUT2D eigenvalue weighted by molar-refractivity contribution is -0.181. The molecule has 10 atom stereocenters. The fraction of sp³-hybridized carbons (Fsp3) is 0.650. The number of amides is 1. The summed E-state index contributed by atoms with van der Waals surface area (Å²) < 4.78 is 13.1. The van der Waals surface area contributed by atoms with Gasteiger partial charge in [0, 0.05) is 24.0 Å². The zero-order chi connectivity index (χ0) is 34.9. The second-order valence-electron chi connectivity index (χ2n) is 15.4. The summed E-state index contributed by atoms with van der Waals surface area (Å²) in [5, 5.41) is 12.5. The molecule has 1 N–H and O–H groups in total. The Bertz CT molecular complexity index is 1410. The van der Waals surface area contributed by atoms with Crippen LogP contribution in [0.15, 0.2) is 53.0 Å². The van der Waals surface area contributed by atoms with Gasteiger partial charge in [-0.15, -0.1) is 0 Å². The van der Waals surface area contributed by atoms with Crippen LogP contribution < -0.4 is 0 Å². The van der Waals surface area contributed by atoms with E-state index in [-0.39, 0.29) is 41.3 Å². The van der Waals surface area contributed by atoms with Crippen molar-refractivity contribution < 1.29 is 29.0 Å². The highest BCUT2D eigenvalue weighted by atomic mass is 16.6. The van der Waals surface area contributed by atoms with E-state index < -0.39 is 40.5 Å². The summed E-state index contributed by atoms with van der Waals surface area (Å²) >= 11 is 0. The van der Waals surface area contributed by atoms with Gasteiger partial charge in [0.2, 0.25) is 5.91 Å². The first-order chi connectivity index (χ1) is 22.0. The number of rotatable bonds is 4. The minimum absolute atomic E-state index is 0.0505. The molecule has 258 valence electrons. The first-order valence-electron chi connectivity index (χ1n) is 17.6. The summed E-state index contributed by atoms with van der Waals surface area (Å²) in [7, 11) is 0. The average Bonchev–Trinajstić information content (AvgIpc) is 3.13. The van der Waals surface area contributed by atoms with Gasteiger partial charge in [-0.3, -0.25) is 14.4 Å². The molecule has 3 aliphatic heterocycles. The van der Waals surface area contributed by atoms with E-state index in [0.717, 1.165) is 16.8 Å². The molecule has 1 amide bonds. The van der Waals surface area contributed by atoms with Crippen LogP contribution >= 0.6 is 0 Å². The van der Waals surface area contributed by atoms with Gasteiger partial charge >= 0.3 is 5.97 Å². The van der Waals surface area contributed by atoms with E-state index in [1.807, 2.05) is 44.2 Å². The second-order valence-corrected chi connectivity index (χ2v) is 15.4. The second kappa shape index (κ2) is 14.3. The van der Waals surface area contributed by atoms with Crippen molar-refractivity contribution in [2.24, 2.45) is 51.8 Å². The third kappa shape index (κ3) is 7.27. The number of Topliss-reactive ketones (excluding diaryl/α,β-unsaturated/α-hetero) is 1. The Morgan fingerprint density at radius 1 is 1.11 bits per heavy atom. The van der Waals surface area contributed by atoms with Gasteiger partial charge in [0.05, 0.1) is 12.2 Å². The van der Waals surface area contributed by atoms with E-state index in [1.54, 1.807) is 13.8 Å². The number of fused-ring (bicyclic) bond motifs is 11. The summed E-state index contributed by atoms with van der Waals surface area (Å²) in [5.74, 6) is -3.60. The number of carbonyl (C=O) groups excluding carboxylic acids is 3. The van der Waals surface area contributed by atoms with Crippen LogP contribution in [0.5, 0.6) is 0 Å². The Kier molecular flexibility index (Phi) is 11.2. The Balaban J connectivity index is 2.10. The number of aliphatic imine (C=N–C) groups is 1. The van der Waals surface area contributed by atoms with Gasteiger partial charge in [0.1, 0.15) is 23.4 Å². The molecule has 2 saturated heterocycles. The molecule has 3 heterocycles. The summed E-state index contributed by atoms with van der Waals surface area (Å²) in [5.41, 5.74) is -0.268. The molecule has 4 aliphatic rings. The smallest absolute Gasteiger partial charge is 0.316 e. The molecule has 0 aromatic heterocycles. The van der Waals surface area contributed by atoms with Crippen molar-refractivity contribution in [1.82, 2.24) is 0 Å². The van der Waals surface area contributed by atoms with Crippen LogP contribution in [0.3, 0.4) is 0 Å². The first kappa shape index (κ1) is 36.9. The molecule has 0 spiro atoms. The minimum atomic E-state index is -1.45. The lowest BCUT2D eigenvalue weighted by Gasteiger charge is -2.48. The van der Waals surface area contributed by atoms with Crippen LogP contribution in [0, 0.1) is 46.8 Å². The van der Waals surface area contributed by atoms with Crippen LogP contribution in [0.2, 0.25) is 0 Å². The van der Waals surface area contributed by atoms with Crippen molar-refractivity contribution in [3.63, 3.8) is 0 Å². The number of hydrogen-bond donors (Lipinski definition) is 1. The molecule has 7 heteroatoms. The van der Waals surface area contributed by atoms with Crippen LogP contribution in [0.1, 0.15) is 100 Å². The monoisotopic (exact) mass is 647 g/mol. The van der Waals surface area contributed by atoms with Gasteiger partial charge in [-0.2, -0.15) is 0 Å². The largest absolute Gasteiger partial charge is 0.459 e. The minimum Gasteiger partial charge on any atom is -0.459 e. The van der Waals surface area contributed by atoms with Gasteiger partial charge < -0.3 is 14.6 Å². The van der Waals surface area contributed by atoms with Crippen LogP contribution in [0.4, 0.5) is 0 Å². The first-order valence-corrected chi connectivity index (χ1v) is 17.6. The molecular formula is C40H57NO6. The van der Waals surface area contributed by atoms with Crippen molar-refractivity contribution in [3.05, 3.63) is 53.6 Å². The van der Waals surface area contributed by atoms with E-state index in [0.29, 0.717) is 32.3 Å². The molecule has 7 nitrogen and oxygen atoms in total. The number of carbonyl (C=O) groups is 3. The standard InChI is InChI=1S/C40H57NO6/c1-11-33-39(10,45)32-18-17-31-22-40(28(32)7,20-19-30-15-13-12-14-16-30)36(41-29(8)42)25(4)21-38(9,46-23-31)34(24(2)3)26(5)35(43)27(6)37(44)47-33/h12-16,19-20,22,24-28,32-34,45H,11,17-18,21,23H2,1-10H3/b20-19+,41-36?/t25-,26-,27-,28-,32-,33-,34-,38-,39+,40?/m1/s1. The molecule has 1 aromatic carbocycles. The SMILES string of the molecule is CC[C@H]1OC(=O)[C@H](C)C(=O)[C@H](C)[C@@H](C(C)C)[C@@]2(C)C[C@@H](C)C(=NC(C)=O)C3(/C=C/c4ccccc4)C=C(CC[C@H]([C@H]3C)[C@]1(C)O)CO2. The third-order valence-corrected chi connectivity index (χ3v) is 11.6. The van der Waals surface area contributed by atoms with E-state index in [4.69, 9.17) is 14.5 Å². The summed E-state index contributed by atoms with van der Waals surface area (Å²) in [6.45, 7) is 19.6. The maximum absolute atomic E-state index is 14.1. The molecule has 1 unspecified atom stereocenters. The highest BCUT2D eigenvalue weighted by molar-refractivity contribution is 6.03. The average molecular weight is 648 g/mol. The predicted molar refractivity (Wildman–Crippen MR) is 187 cm³/mol. The summed E-state index contributed by atoms with van der Waals surface area (Å²) in [6.07, 6.45) is 7.85. The highest BCUT2D eigenvalue weighted by Gasteiger charge is 2.55. The third-order valence-electron chi connectivity index (χ3n) is 11.6. The van der Waals surface area contributed by atoms with Crippen molar-refractivity contribution in [3.8, 4) is 0 Å². The van der Waals surface area contributed by atoms with Gasteiger partial charge in [-0.25, -0.2) is 4.99 Å². The predicted octanol–water partition coefficient (Wildman–Crippen LogP) is 7.66. The topological polar surface area (TPSA) is 102 Å². The lowest BCUT2D eigenvalue weighted by Crippen LogP contribution is -2.54. The Hall–Kier alpha value is -2.90. The molecule has 5 rings (SSSR count). The zero-order valence-corrected chi connectivity index (χ0v) is 30.2. The number of hydrogen-bond acceptors (Lipinski definition) is 6. The van der Waals surface area contributed by atoms with Crippen LogP contribution in [-0.4, -0.2) is 52.4 Å². The lowest BCUT2D eigenvalue weighted by atomic mass is 9.59. The maximum atomic E-state index is 14.1. The van der Waals surface area contributed by atoms with Gasteiger partial charge in [-0.1, -0.05) is 90.1 Å². The van der Waals surface area contributed by atoms with Crippen molar-refractivity contribution in [2.75, 3.05) is 6.61 Å². The zero-order valence-electron chi connectivity index (χ0n) is 30.2. The summed E-state index contributed by atoms with van der Waals surface area (Å²) in [4.78, 5) is 45.7. The molecule has 0 radical (unpaired) electrons. The van der Waals surface area contributed by atoms with Crippen molar-refractivity contribution in [2.45, 2.75) is 112 Å². The molecule has 1 aliphatic carbocycles. The normalized spacial score (nSPS) is 39.7. The number of ketones is 1. The molecule has 2 fully saturated rings. The number of ether oxygens (including phenoxy) is 2. The van der Waals surface area contributed by atoms with E-state index in [2.05, 4.69) is 52.8 Å². The van der Waals surface area contributed by atoms with E-state index >= 15 is 0 Å². The number of benzene rings is 1. The Morgan fingerprint density at radius 2 is 1.77 bits per heavy atom. The van der Waals surface area contributed by atoms with Gasteiger partial charge in [-0.05, 0) is 87.2 Å². The molecular weight excluding hydrogens is 590 g/mol. The summed E-state index contributed by atoms with van der Waals surface area (Å²) in [6, 6.07) is 10.1. The maximum Gasteiger partial charge on any atom is 0.316 e. The van der Waals surface area contributed by atoms with E-state index in [1.165, 1.54) is 6.92 Å². The molecule has 0 saturated carbocycles. The van der Waals surface area contributed by atoms with Crippen LogP contribution in [-0.2, 0) is 23.9 Å². The number of nitrogens with zero attached hydrogens (tertiary/aromatic N) is 1. The Morgan fingerprint density at radius 3 is 2.36 bits per heavy atom. The highest BCUT2D eigenvalue weighted by Crippen LogP contribution is 2.53. The van der Waals surface area contributed by atoms with Gasteiger partial charge in [0.15, 0.2) is 0 Å². The number of aliphatic hydroxyl groups is 1. The van der Waals surface area contributed by atoms with E-state index in [9.17, 15) is 19.5 Å². The molecule has 1 aromatic rings. The fourth-order valence-electron chi connectivity index (χ4n) is 9.42. The molecule has 47 heavy (non-hydrogen) atoms. The number of esters is 1. The van der Waals surface area contributed by atoms with Crippen molar-refractivity contribution in [1.29, 1.82) is 0 Å². The fourth-order valence-corrected chi connectivity index (χ4v) is 9.42. The van der Waals surface area contributed by atoms with Crippen molar-refractivity contribution >= 4 is 29.4 Å². The van der Waals surface area contributed by atoms with Gasteiger partial charge in [0.25, 0.3) is 0 Å². The van der Waals surface area contributed by atoms with Crippen LogP contribution in [0.25, 0.3) is 6.08 Å².